The molecule has 0 aromatic heterocycles. The summed E-state index contributed by atoms with van der Waals surface area (Å²) < 4.78 is 10.7. The van der Waals surface area contributed by atoms with Crippen molar-refractivity contribution < 1.29 is 19.1 Å². The quantitative estimate of drug-likeness (QED) is 0.853. The number of aryl methyl sites for hydroxylation is 1. The van der Waals surface area contributed by atoms with Crippen LogP contribution in [0.1, 0.15) is 30.4 Å². The van der Waals surface area contributed by atoms with E-state index in [-0.39, 0.29) is 18.6 Å². The van der Waals surface area contributed by atoms with E-state index in [1.807, 2.05) is 47.4 Å². The molecule has 1 fully saturated rings. The lowest BCUT2D eigenvalue weighted by Crippen LogP contribution is -2.23. The summed E-state index contributed by atoms with van der Waals surface area (Å²) in [6, 6.07) is 13.4. The summed E-state index contributed by atoms with van der Waals surface area (Å²) in [5, 5.41) is 2.94. The van der Waals surface area contributed by atoms with Crippen molar-refractivity contribution in [2.75, 3.05) is 18.7 Å². The predicted octanol–water partition coefficient (Wildman–Crippen LogP) is 3.11. The number of carbonyl (C=O) groups is 2. The Morgan fingerprint density at radius 1 is 1.07 bits per heavy atom. The minimum atomic E-state index is -0.0398. The van der Waals surface area contributed by atoms with Gasteiger partial charge in [-0.3, -0.25) is 9.59 Å². The first kappa shape index (κ1) is 17.4. The molecule has 6 heteroatoms. The Kier molecular flexibility index (Phi) is 4.96. The van der Waals surface area contributed by atoms with Gasteiger partial charge in [-0.25, -0.2) is 0 Å². The van der Waals surface area contributed by atoms with Gasteiger partial charge in [-0.2, -0.15) is 0 Å². The topological polar surface area (TPSA) is 67.9 Å². The molecule has 0 spiro atoms. The van der Waals surface area contributed by atoms with Crippen LogP contribution in [0.5, 0.6) is 11.5 Å². The molecular weight excluding hydrogens is 344 g/mol. The number of ether oxygens (including phenoxy) is 2. The second kappa shape index (κ2) is 7.70. The van der Waals surface area contributed by atoms with Gasteiger partial charge in [-0.15, -0.1) is 0 Å². The van der Waals surface area contributed by atoms with Crippen LogP contribution in [0.2, 0.25) is 0 Å². The van der Waals surface area contributed by atoms with Crippen LogP contribution in [0, 0.1) is 0 Å². The third kappa shape index (κ3) is 4.22. The maximum Gasteiger partial charge on any atom is 0.231 e. The van der Waals surface area contributed by atoms with Gasteiger partial charge in [0, 0.05) is 31.6 Å². The molecular formula is C21H22N2O4. The first-order valence-corrected chi connectivity index (χ1v) is 9.22. The van der Waals surface area contributed by atoms with Gasteiger partial charge in [0.1, 0.15) is 0 Å². The summed E-state index contributed by atoms with van der Waals surface area (Å²) in [7, 11) is 0. The van der Waals surface area contributed by atoms with Crippen LogP contribution >= 0.6 is 0 Å². The van der Waals surface area contributed by atoms with Crippen molar-refractivity contribution in [2.24, 2.45) is 0 Å². The van der Waals surface area contributed by atoms with Crippen molar-refractivity contribution in [1.82, 2.24) is 4.90 Å². The van der Waals surface area contributed by atoms with Crippen LogP contribution < -0.4 is 14.8 Å². The van der Waals surface area contributed by atoms with Crippen LogP contribution in [0.15, 0.2) is 42.5 Å². The summed E-state index contributed by atoms with van der Waals surface area (Å²) in [5.74, 6) is 1.64. The molecule has 27 heavy (non-hydrogen) atoms. The summed E-state index contributed by atoms with van der Waals surface area (Å²) >= 11 is 0. The van der Waals surface area contributed by atoms with E-state index < -0.39 is 0 Å². The summed E-state index contributed by atoms with van der Waals surface area (Å²) in [6.45, 7) is 1.66. The van der Waals surface area contributed by atoms with Gasteiger partial charge >= 0.3 is 0 Å². The molecule has 2 aliphatic heterocycles. The molecule has 0 saturated carbocycles. The van der Waals surface area contributed by atoms with Crippen molar-refractivity contribution in [3.05, 3.63) is 53.6 Å². The number of nitrogens with zero attached hydrogens (tertiary/aromatic N) is 1. The van der Waals surface area contributed by atoms with Crippen molar-refractivity contribution in [3.63, 3.8) is 0 Å². The van der Waals surface area contributed by atoms with Gasteiger partial charge in [0.2, 0.25) is 18.6 Å². The predicted molar refractivity (Wildman–Crippen MR) is 101 cm³/mol. The minimum Gasteiger partial charge on any atom is -0.454 e. The summed E-state index contributed by atoms with van der Waals surface area (Å²) in [6.07, 6.45) is 2.57. The molecule has 2 aromatic rings. The Balaban J connectivity index is 1.31. The van der Waals surface area contributed by atoms with Crippen LogP contribution in [-0.2, 0) is 22.6 Å². The van der Waals surface area contributed by atoms with E-state index in [0.717, 1.165) is 41.3 Å². The molecule has 1 saturated heterocycles. The molecule has 4 rings (SSSR count). The molecule has 140 valence electrons. The second-order valence-corrected chi connectivity index (χ2v) is 6.86. The molecule has 0 radical (unpaired) electrons. The number of fused-ring (bicyclic) bond motifs is 1. The van der Waals surface area contributed by atoms with Gasteiger partial charge in [0.15, 0.2) is 11.5 Å². The van der Waals surface area contributed by atoms with E-state index in [2.05, 4.69) is 5.32 Å². The molecule has 6 nitrogen and oxygen atoms in total. The number of anilines is 1. The van der Waals surface area contributed by atoms with Gasteiger partial charge in [-0.05, 0) is 48.2 Å². The zero-order chi connectivity index (χ0) is 18.6. The van der Waals surface area contributed by atoms with Crippen molar-refractivity contribution in [2.45, 2.75) is 32.2 Å². The van der Waals surface area contributed by atoms with E-state index in [9.17, 15) is 9.59 Å². The highest BCUT2D eigenvalue weighted by molar-refractivity contribution is 5.91. The van der Waals surface area contributed by atoms with Crippen LogP contribution in [0.25, 0.3) is 0 Å². The number of nitrogens with one attached hydrogen (secondary N) is 1. The molecule has 2 amide bonds. The van der Waals surface area contributed by atoms with Gasteiger partial charge in [-0.1, -0.05) is 18.2 Å². The van der Waals surface area contributed by atoms with Crippen LogP contribution in [-0.4, -0.2) is 30.1 Å². The number of carbonyl (C=O) groups excluding carboxylic acids is 2. The lowest BCUT2D eigenvalue weighted by molar-refractivity contribution is -0.128. The average molecular weight is 366 g/mol. The SMILES string of the molecule is O=C(CCc1ccc2c(c1)OCO2)Nc1cccc(CN2CCCC2=O)c1. The van der Waals surface area contributed by atoms with E-state index in [1.165, 1.54) is 0 Å². The number of hydrogen-bond acceptors (Lipinski definition) is 4. The van der Waals surface area contributed by atoms with Crippen LogP contribution in [0.4, 0.5) is 5.69 Å². The second-order valence-electron chi connectivity index (χ2n) is 6.86. The fourth-order valence-corrected chi connectivity index (χ4v) is 3.42. The molecule has 2 aliphatic rings. The van der Waals surface area contributed by atoms with Crippen molar-refractivity contribution in [1.29, 1.82) is 0 Å². The normalized spacial score (nSPS) is 15.3. The number of likely N-dealkylation sites (tertiary alicyclic amines) is 1. The highest BCUT2D eigenvalue weighted by atomic mass is 16.7. The van der Waals surface area contributed by atoms with E-state index in [1.54, 1.807) is 0 Å². The summed E-state index contributed by atoms with van der Waals surface area (Å²) in [5.41, 5.74) is 2.82. The Bertz CT molecular complexity index is 865. The Morgan fingerprint density at radius 2 is 1.96 bits per heavy atom. The maximum absolute atomic E-state index is 12.3. The standard InChI is InChI=1S/C21H22N2O4/c24-20(9-7-15-6-8-18-19(12-15)27-14-26-18)22-17-4-1-3-16(11-17)13-23-10-2-5-21(23)25/h1,3-4,6,8,11-12H,2,5,7,9-10,13-14H2,(H,22,24). The highest BCUT2D eigenvalue weighted by Gasteiger charge is 2.20. The zero-order valence-corrected chi connectivity index (χ0v) is 15.1. The Labute approximate surface area is 158 Å². The minimum absolute atomic E-state index is 0.0398. The zero-order valence-electron chi connectivity index (χ0n) is 15.1. The Morgan fingerprint density at radius 3 is 2.81 bits per heavy atom. The van der Waals surface area contributed by atoms with E-state index >= 15 is 0 Å². The number of hydrogen-bond donors (Lipinski definition) is 1. The highest BCUT2D eigenvalue weighted by Crippen LogP contribution is 2.32. The van der Waals surface area contributed by atoms with Gasteiger partial charge < -0.3 is 19.7 Å². The van der Waals surface area contributed by atoms with E-state index in [0.29, 0.717) is 25.8 Å². The Hall–Kier alpha value is -3.02. The van der Waals surface area contributed by atoms with Gasteiger partial charge in [0.05, 0.1) is 0 Å². The van der Waals surface area contributed by atoms with Crippen LogP contribution in [0.3, 0.4) is 0 Å². The monoisotopic (exact) mass is 366 g/mol. The lowest BCUT2D eigenvalue weighted by atomic mass is 10.1. The van der Waals surface area contributed by atoms with E-state index in [4.69, 9.17) is 9.47 Å². The molecule has 1 N–H and O–H groups in total. The number of rotatable bonds is 6. The molecule has 0 atom stereocenters. The third-order valence-corrected chi connectivity index (χ3v) is 4.83. The third-order valence-electron chi connectivity index (χ3n) is 4.83. The van der Waals surface area contributed by atoms with Gasteiger partial charge in [0.25, 0.3) is 0 Å². The fourth-order valence-electron chi connectivity index (χ4n) is 3.42. The smallest absolute Gasteiger partial charge is 0.231 e. The molecule has 2 aromatic carbocycles. The molecule has 0 bridgehead atoms. The molecule has 0 aliphatic carbocycles. The molecule has 2 heterocycles. The van der Waals surface area contributed by atoms with Crippen molar-refractivity contribution >= 4 is 17.5 Å². The summed E-state index contributed by atoms with van der Waals surface area (Å²) in [4.78, 5) is 25.9. The first-order valence-electron chi connectivity index (χ1n) is 9.22. The number of benzene rings is 2. The largest absolute Gasteiger partial charge is 0.454 e. The first-order chi connectivity index (χ1) is 13.2. The maximum atomic E-state index is 12.3. The van der Waals surface area contributed by atoms with Crippen molar-refractivity contribution in [3.8, 4) is 11.5 Å². The number of amides is 2. The molecule has 0 unspecified atom stereocenters. The average Bonchev–Trinajstić information content (AvgIpc) is 3.29. The lowest BCUT2D eigenvalue weighted by Gasteiger charge is -2.16. The fraction of sp³-hybridized carbons (Fsp3) is 0.333.